The molecule has 3 amide bonds. The van der Waals surface area contributed by atoms with Crippen LogP contribution < -0.4 is 21.1 Å². The fraction of sp³-hybridized carbons (Fsp3) is 0.385. The third-order valence-corrected chi connectivity index (χ3v) is 2.61. The first-order valence-electron chi connectivity index (χ1n) is 6.26. The monoisotopic (exact) mass is 301 g/mol. The molecule has 1 aromatic carbocycles. The normalized spacial score (nSPS) is 11.8. The van der Waals surface area contributed by atoms with Gasteiger partial charge in [-0.2, -0.15) is 8.78 Å². The number of hydrogen-bond donors (Lipinski definition) is 3. The maximum atomic E-state index is 12.0. The highest BCUT2D eigenvalue weighted by atomic mass is 19.3. The number of urea groups is 1. The smallest absolute Gasteiger partial charge is 0.387 e. The maximum absolute atomic E-state index is 12.0. The van der Waals surface area contributed by atoms with Gasteiger partial charge in [0.25, 0.3) is 0 Å². The SMILES string of the molecule is CC(NC(=O)NCCC(N)=O)c1ccc(OC(F)F)cc1. The van der Waals surface area contributed by atoms with Crippen molar-refractivity contribution in [1.29, 1.82) is 0 Å². The molecule has 0 radical (unpaired) electrons. The van der Waals surface area contributed by atoms with Gasteiger partial charge < -0.3 is 21.1 Å². The number of nitrogens with two attached hydrogens (primary N) is 1. The van der Waals surface area contributed by atoms with Crippen LogP contribution in [0.4, 0.5) is 13.6 Å². The number of halogens is 2. The standard InChI is InChI=1S/C13H17F2N3O3/c1-8(18-13(20)17-7-6-11(16)19)9-2-4-10(5-3-9)21-12(14)15/h2-5,8,12H,6-7H2,1H3,(H2,16,19)(H2,17,18,20). The van der Waals surface area contributed by atoms with Gasteiger partial charge in [-0.25, -0.2) is 4.79 Å². The number of carbonyl (C=O) groups is 2. The summed E-state index contributed by atoms with van der Waals surface area (Å²) < 4.78 is 28.2. The van der Waals surface area contributed by atoms with Crippen LogP contribution >= 0.6 is 0 Å². The second-order valence-corrected chi connectivity index (χ2v) is 4.29. The molecular formula is C13H17F2N3O3. The molecule has 8 heteroatoms. The number of benzene rings is 1. The Hall–Kier alpha value is -2.38. The van der Waals surface area contributed by atoms with E-state index in [1.54, 1.807) is 19.1 Å². The van der Waals surface area contributed by atoms with Crippen molar-refractivity contribution in [3.63, 3.8) is 0 Å². The van der Waals surface area contributed by atoms with Gasteiger partial charge in [0.1, 0.15) is 5.75 Å². The first kappa shape index (κ1) is 16.7. The maximum Gasteiger partial charge on any atom is 0.387 e. The molecule has 21 heavy (non-hydrogen) atoms. The predicted molar refractivity (Wildman–Crippen MR) is 71.8 cm³/mol. The van der Waals surface area contributed by atoms with E-state index in [0.717, 1.165) is 5.56 Å². The Morgan fingerprint density at radius 1 is 1.29 bits per heavy atom. The first-order valence-corrected chi connectivity index (χ1v) is 6.26. The lowest BCUT2D eigenvalue weighted by atomic mass is 10.1. The fourth-order valence-electron chi connectivity index (χ4n) is 1.57. The predicted octanol–water partition coefficient (Wildman–Crippen LogP) is 1.52. The molecule has 0 aliphatic rings. The van der Waals surface area contributed by atoms with E-state index < -0.39 is 18.5 Å². The zero-order valence-electron chi connectivity index (χ0n) is 11.4. The summed E-state index contributed by atoms with van der Waals surface area (Å²) in [6.45, 7) is -0.992. The Bertz CT molecular complexity index is 480. The summed E-state index contributed by atoms with van der Waals surface area (Å²) in [5.74, 6) is -0.454. The number of amides is 3. The lowest BCUT2D eigenvalue weighted by Crippen LogP contribution is -2.38. The van der Waals surface area contributed by atoms with Crippen molar-refractivity contribution in [3.05, 3.63) is 29.8 Å². The molecule has 1 aromatic rings. The molecular weight excluding hydrogens is 284 g/mol. The number of alkyl halides is 2. The average molecular weight is 301 g/mol. The Morgan fingerprint density at radius 3 is 2.43 bits per heavy atom. The zero-order valence-corrected chi connectivity index (χ0v) is 11.4. The van der Waals surface area contributed by atoms with Crippen LogP contribution in [-0.4, -0.2) is 25.1 Å². The number of carbonyl (C=O) groups excluding carboxylic acids is 2. The molecule has 1 rings (SSSR count). The molecule has 0 bridgehead atoms. The minimum Gasteiger partial charge on any atom is -0.435 e. The third-order valence-electron chi connectivity index (χ3n) is 2.61. The van der Waals surface area contributed by atoms with E-state index in [0.29, 0.717) is 0 Å². The van der Waals surface area contributed by atoms with E-state index in [1.165, 1.54) is 12.1 Å². The molecule has 116 valence electrons. The van der Waals surface area contributed by atoms with E-state index in [9.17, 15) is 18.4 Å². The number of hydrogen-bond acceptors (Lipinski definition) is 3. The Labute approximate surface area is 120 Å². The van der Waals surface area contributed by atoms with Crippen LogP contribution in [0.2, 0.25) is 0 Å². The van der Waals surface area contributed by atoms with Gasteiger partial charge in [0, 0.05) is 13.0 Å². The van der Waals surface area contributed by atoms with E-state index in [-0.39, 0.29) is 24.8 Å². The lowest BCUT2D eigenvalue weighted by Gasteiger charge is -2.15. The van der Waals surface area contributed by atoms with Crippen LogP contribution in [0.15, 0.2) is 24.3 Å². The largest absolute Gasteiger partial charge is 0.435 e. The number of rotatable bonds is 7. The van der Waals surface area contributed by atoms with Gasteiger partial charge in [-0.05, 0) is 24.6 Å². The van der Waals surface area contributed by atoms with Crippen LogP contribution in [0.1, 0.15) is 24.9 Å². The summed E-state index contributed by atoms with van der Waals surface area (Å²) >= 11 is 0. The minimum atomic E-state index is -2.87. The van der Waals surface area contributed by atoms with Gasteiger partial charge >= 0.3 is 12.6 Å². The average Bonchev–Trinajstić information content (AvgIpc) is 2.38. The van der Waals surface area contributed by atoms with Crippen LogP contribution in [0.5, 0.6) is 5.75 Å². The number of nitrogens with one attached hydrogen (secondary N) is 2. The molecule has 6 nitrogen and oxygen atoms in total. The Kier molecular flexibility index (Phi) is 6.38. The summed E-state index contributed by atoms with van der Waals surface area (Å²) in [4.78, 5) is 22.0. The van der Waals surface area contributed by atoms with Crippen molar-refractivity contribution < 1.29 is 23.1 Å². The summed E-state index contributed by atoms with van der Waals surface area (Å²) in [7, 11) is 0. The molecule has 0 aromatic heterocycles. The topological polar surface area (TPSA) is 93.5 Å². The molecule has 1 unspecified atom stereocenters. The minimum absolute atomic E-state index is 0.0480. The van der Waals surface area contributed by atoms with Gasteiger partial charge in [-0.3, -0.25) is 4.79 Å². The number of ether oxygens (including phenoxy) is 1. The van der Waals surface area contributed by atoms with Crippen LogP contribution in [-0.2, 0) is 4.79 Å². The highest BCUT2D eigenvalue weighted by molar-refractivity contribution is 5.77. The molecule has 0 fully saturated rings. The highest BCUT2D eigenvalue weighted by Gasteiger charge is 2.10. The van der Waals surface area contributed by atoms with Crippen LogP contribution in [0, 0.1) is 0 Å². The van der Waals surface area contributed by atoms with Crippen molar-refractivity contribution >= 4 is 11.9 Å². The number of primary amides is 1. The van der Waals surface area contributed by atoms with Crippen molar-refractivity contribution in [1.82, 2.24) is 10.6 Å². The third kappa shape index (κ3) is 6.55. The van der Waals surface area contributed by atoms with Crippen molar-refractivity contribution in [2.24, 2.45) is 5.73 Å². The highest BCUT2D eigenvalue weighted by Crippen LogP contribution is 2.18. The summed E-state index contributed by atoms with van der Waals surface area (Å²) in [6, 6.07) is 5.16. The van der Waals surface area contributed by atoms with Gasteiger partial charge in [0.15, 0.2) is 0 Å². The molecule has 0 saturated carbocycles. The van der Waals surface area contributed by atoms with Crippen molar-refractivity contribution in [2.45, 2.75) is 26.0 Å². The van der Waals surface area contributed by atoms with Gasteiger partial charge in [-0.1, -0.05) is 12.1 Å². The van der Waals surface area contributed by atoms with Gasteiger partial charge in [-0.15, -0.1) is 0 Å². The molecule has 0 aliphatic heterocycles. The molecule has 1 atom stereocenters. The molecule has 4 N–H and O–H groups in total. The summed E-state index contributed by atoms with van der Waals surface area (Å²) in [5.41, 5.74) is 5.67. The summed E-state index contributed by atoms with van der Waals surface area (Å²) in [5, 5.41) is 5.12. The van der Waals surface area contributed by atoms with E-state index >= 15 is 0 Å². The fourth-order valence-corrected chi connectivity index (χ4v) is 1.57. The van der Waals surface area contributed by atoms with Gasteiger partial charge in [0.2, 0.25) is 5.91 Å². The quantitative estimate of drug-likeness (QED) is 0.713. The molecule has 0 heterocycles. The van der Waals surface area contributed by atoms with Crippen LogP contribution in [0.25, 0.3) is 0 Å². The molecule has 0 saturated heterocycles. The van der Waals surface area contributed by atoms with E-state index in [2.05, 4.69) is 15.4 Å². The van der Waals surface area contributed by atoms with E-state index in [1.807, 2.05) is 0 Å². The second kappa shape index (κ2) is 8.03. The molecule has 0 aliphatic carbocycles. The Balaban J connectivity index is 2.45. The Morgan fingerprint density at radius 2 is 1.90 bits per heavy atom. The zero-order chi connectivity index (χ0) is 15.8. The molecule has 0 spiro atoms. The van der Waals surface area contributed by atoms with Gasteiger partial charge in [0.05, 0.1) is 6.04 Å². The van der Waals surface area contributed by atoms with E-state index in [4.69, 9.17) is 5.73 Å². The lowest BCUT2D eigenvalue weighted by molar-refractivity contribution is -0.117. The van der Waals surface area contributed by atoms with Crippen molar-refractivity contribution in [2.75, 3.05) is 6.54 Å². The summed E-state index contributed by atoms with van der Waals surface area (Å²) in [6.07, 6.45) is 0.0570. The van der Waals surface area contributed by atoms with Crippen molar-refractivity contribution in [3.8, 4) is 5.75 Å². The first-order chi connectivity index (χ1) is 9.88. The second-order valence-electron chi connectivity index (χ2n) is 4.29. The van der Waals surface area contributed by atoms with Crippen LogP contribution in [0.3, 0.4) is 0 Å².